The van der Waals surface area contributed by atoms with Gasteiger partial charge in [-0.1, -0.05) is 146 Å². The summed E-state index contributed by atoms with van der Waals surface area (Å²) >= 11 is 0. The summed E-state index contributed by atoms with van der Waals surface area (Å²) in [5.74, 6) is 0.288. The normalized spacial score (nSPS) is 11.0. The minimum atomic E-state index is 0.0525. The fourth-order valence-electron chi connectivity index (χ4n) is 6.34. The Balaban J connectivity index is 1.25. The molecule has 0 spiro atoms. The molecule has 0 saturated heterocycles. The van der Waals surface area contributed by atoms with Crippen molar-refractivity contribution in [1.29, 1.82) is 0 Å². The van der Waals surface area contributed by atoms with E-state index in [1.807, 2.05) is 72.8 Å². The quantitative estimate of drug-likeness (QED) is 0.0988. The molecule has 242 valence electrons. The third-order valence-electron chi connectivity index (χ3n) is 9.25. The van der Waals surface area contributed by atoms with Crippen LogP contribution in [0.3, 0.4) is 0 Å². The summed E-state index contributed by atoms with van der Waals surface area (Å²) in [6.07, 6.45) is 2.40. The van der Waals surface area contributed by atoms with Crippen LogP contribution in [0.5, 0.6) is 0 Å². The molecule has 0 aliphatic rings. The summed E-state index contributed by atoms with van der Waals surface area (Å²) in [6, 6.07) is 50.3. The van der Waals surface area contributed by atoms with Crippen molar-refractivity contribution in [2.45, 2.75) is 46.0 Å². The molecule has 0 atom stereocenters. The molecule has 0 N–H and O–H groups in total. The van der Waals surface area contributed by atoms with Gasteiger partial charge < -0.3 is 0 Å². The van der Waals surface area contributed by atoms with E-state index in [0.717, 1.165) is 36.0 Å². The Hall–Kier alpha value is -5.67. The zero-order valence-corrected chi connectivity index (χ0v) is 28.3. The Morgan fingerprint density at radius 1 is 0.327 bits per heavy atom. The molecular weight excluding hydrogens is 601 g/mol. The number of carbonyl (C=O) groups excluding carboxylic acids is 3. The molecule has 0 aromatic heterocycles. The number of benzene rings is 6. The van der Waals surface area contributed by atoms with Crippen LogP contribution in [0.4, 0.5) is 0 Å². The predicted molar refractivity (Wildman–Crippen MR) is 198 cm³/mol. The first-order chi connectivity index (χ1) is 23.7. The molecule has 0 unspecified atom stereocenters. The molecule has 49 heavy (non-hydrogen) atoms. The van der Waals surface area contributed by atoms with Gasteiger partial charge in [-0.2, -0.15) is 0 Å². The Labute approximate surface area is 289 Å². The SMILES string of the molecule is CC(=O)c1ccc(Cc2ccc(C(c3ccc(Cc4ccc(C(C)=O)cc4)cc3)c3ccc(Cc4ccc(C(C)=O)cc4)cc3)cc2)cc1. The Morgan fingerprint density at radius 3 is 0.694 bits per heavy atom. The highest BCUT2D eigenvalue weighted by Gasteiger charge is 2.18. The number of ketones is 3. The first-order valence-corrected chi connectivity index (χ1v) is 16.8. The number of hydrogen-bond acceptors (Lipinski definition) is 3. The van der Waals surface area contributed by atoms with E-state index in [1.165, 1.54) is 50.1 Å². The van der Waals surface area contributed by atoms with E-state index < -0.39 is 0 Å². The molecule has 0 bridgehead atoms. The molecule has 0 fully saturated rings. The van der Waals surface area contributed by atoms with Crippen LogP contribution in [0.2, 0.25) is 0 Å². The van der Waals surface area contributed by atoms with E-state index in [-0.39, 0.29) is 23.3 Å². The van der Waals surface area contributed by atoms with Crippen LogP contribution >= 0.6 is 0 Å². The minimum Gasteiger partial charge on any atom is -0.295 e. The van der Waals surface area contributed by atoms with Gasteiger partial charge in [0.05, 0.1) is 0 Å². The molecule has 0 saturated carbocycles. The first-order valence-electron chi connectivity index (χ1n) is 16.8. The van der Waals surface area contributed by atoms with E-state index >= 15 is 0 Å². The fourth-order valence-corrected chi connectivity index (χ4v) is 6.34. The van der Waals surface area contributed by atoms with E-state index in [2.05, 4.69) is 72.8 Å². The van der Waals surface area contributed by atoms with Crippen LogP contribution in [0.15, 0.2) is 146 Å². The Kier molecular flexibility index (Phi) is 10.2. The van der Waals surface area contributed by atoms with Crippen molar-refractivity contribution >= 4 is 17.3 Å². The highest BCUT2D eigenvalue weighted by Crippen LogP contribution is 2.33. The number of rotatable bonds is 12. The van der Waals surface area contributed by atoms with Crippen molar-refractivity contribution in [2.24, 2.45) is 0 Å². The van der Waals surface area contributed by atoms with Crippen LogP contribution in [-0.4, -0.2) is 17.3 Å². The monoisotopic (exact) mass is 640 g/mol. The zero-order valence-electron chi connectivity index (χ0n) is 28.3. The lowest BCUT2D eigenvalue weighted by Crippen LogP contribution is -2.05. The molecule has 3 heteroatoms. The van der Waals surface area contributed by atoms with Gasteiger partial charge in [0.25, 0.3) is 0 Å². The third kappa shape index (κ3) is 8.44. The maximum Gasteiger partial charge on any atom is 0.159 e. The van der Waals surface area contributed by atoms with Crippen LogP contribution in [0, 0.1) is 0 Å². The first kappa shape index (κ1) is 33.2. The van der Waals surface area contributed by atoms with Crippen molar-refractivity contribution in [3.05, 3.63) is 212 Å². The van der Waals surface area contributed by atoms with Crippen molar-refractivity contribution in [3.8, 4) is 0 Å². The molecular formula is C46H40O3. The van der Waals surface area contributed by atoms with Crippen molar-refractivity contribution in [1.82, 2.24) is 0 Å². The largest absolute Gasteiger partial charge is 0.295 e. The lowest BCUT2D eigenvalue weighted by atomic mass is 9.83. The Morgan fingerprint density at radius 2 is 0.510 bits per heavy atom. The fraction of sp³-hybridized carbons (Fsp3) is 0.152. The van der Waals surface area contributed by atoms with E-state index in [4.69, 9.17) is 0 Å². The summed E-state index contributed by atoms with van der Waals surface area (Å²) in [4.78, 5) is 35.1. The van der Waals surface area contributed by atoms with Gasteiger partial charge in [0.15, 0.2) is 17.3 Å². The van der Waals surface area contributed by atoms with Gasteiger partial charge in [-0.3, -0.25) is 14.4 Å². The topological polar surface area (TPSA) is 51.2 Å². The van der Waals surface area contributed by atoms with E-state index in [0.29, 0.717) is 0 Å². The van der Waals surface area contributed by atoms with Crippen LogP contribution in [-0.2, 0) is 19.3 Å². The van der Waals surface area contributed by atoms with Crippen molar-refractivity contribution in [3.63, 3.8) is 0 Å². The van der Waals surface area contributed by atoms with E-state index in [9.17, 15) is 14.4 Å². The lowest BCUT2D eigenvalue weighted by molar-refractivity contribution is 0.100. The smallest absolute Gasteiger partial charge is 0.159 e. The average Bonchev–Trinajstić information content (AvgIpc) is 3.11. The maximum absolute atomic E-state index is 11.7. The molecule has 6 aromatic rings. The summed E-state index contributed by atoms with van der Waals surface area (Å²) in [7, 11) is 0. The molecule has 0 amide bonds. The van der Waals surface area contributed by atoms with E-state index in [1.54, 1.807) is 20.8 Å². The van der Waals surface area contributed by atoms with Gasteiger partial charge in [-0.15, -0.1) is 0 Å². The molecule has 6 aromatic carbocycles. The van der Waals surface area contributed by atoms with Crippen molar-refractivity contribution < 1.29 is 14.4 Å². The average molecular weight is 641 g/mol. The third-order valence-corrected chi connectivity index (χ3v) is 9.25. The predicted octanol–water partition coefficient (Wildman–Crippen LogP) is 10.2. The number of carbonyl (C=O) groups is 3. The molecule has 0 radical (unpaired) electrons. The number of Topliss-reactive ketones (excluding diaryl/α,β-unsaturated/α-hetero) is 3. The highest BCUT2D eigenvalue weighted by atomic mass is 16.1. The van der Waals surface area contributed by atoms with Crippen LogP contribution < -0.4 is 0 Å². The summed E-state index contributed by atoms with van der Waals surface area (Å²) in [5, 5.41) is 0. The second-order valence-electron chi connectivity index (χ2n) is 12.9. The van der Waals surface area contributed by atoms with Gasteiger partial charge in [0.1, 0.15) is 0 Å². The van der Waals surface area contributed by atoms with Gasteiger partial charge >= 0.3 is 0 Å². The minimum absolute atomic E-state index is 0.0525. The van der Waals surface area contributed by atoms with Gasteiger partial charge in [0.2, 0.25) is 0 Å². The summed E-state index contributed by atoms with van der Waals surface area (Å²) in [5.41, 5.74) is 13.0. The molecule has 3 nitrogen and oxygen atoms in total. The zero-order chi connectivity index (χ0) is 34.3. The summed E-state index contributed by atoms with van der Waals surface area (Å²) < 4.78 is 0. The number of hydrogen-bond donors (Lipinski definition) is 0. The van der Waals surface area contributed by atoms with Crippen molar-refractivity contribution in [2.75, 3.05) is 0 Å². The maximum atomic E-state index is 11.7. The molecule has 0 aliphatic carbocycles. The second kappa shape index (κ2) is 15.0. The standard InChI is InChI=1S/C46H40O3/c1-31(47)40-16-4-34(5-17-40)28-37-10-22-43(23-11-37)46(44-24-12-38(13-25-44)29-35-6-18-41(19-7-35)32(2)48)45-26-14-39(15-27-45)30-36-8-20-42(21-9-36)33(3)49/h4-27,46H,28-30H2,1-3H3. The van der Waals surface area contributed by atoms with Crippen LogP contribution in [0.1, 0.15) is 108 Å². The molecule has 0 heterocycles. The Bertz CT molecular complexity index is 1810. The molecule has 6 rings (SSSR count). The second-order valence-corrected chi connectivity index (χ2v) is 12.9. The molecule has 0 aliphatic heterocycles. The highest BCUT2D eigenvalue weighted by molar-refractivity contribution is 5.95. The van der Waals surface area contributed by atoms with Gasteiger partial charge in [-0.05, 0) is 90.1 Å². The summed E-state index contributed by atoms with van der Waals surface area (Å²) in [6.45, 7) is 4.78. The van der Waals surface area contributed by atoms with Gasteiger partial charge in [0, 0.05) is 22.6 Å². The van der Waals surface area contributed by atoms with Crippen LogP contribution in [0.25, 0.3) is 0 Å². The lowest BCUT2D eigenvalue weighted by Gasteiger charge is -2.20. The van der Waals surface area contributed by atoms with Gasteiger partial charge in [-0.25, -0.2) is 0 Å².